The molecule has 5 heteroatoms. The van der Waals surface area contributed by atoms with Crippen molar-refractivity contribution in [1.29, 1.82) is 0 Å². The summed E-state index contributed by atoms with van der Waals surface area (Å²) < 4.78 is 13.1. The fourth-order valence-electron chi connectivity index (χ4n) is 2.91. The van der Waals surface area contributed by atoms with Gasteiger partial charge in [0.2, 0.25) is 0 Å². The van der Waals surface area contributed by atoms with E-state index in [4.69, 9.17) is 0 Å². The zero-order valence-corrected chi connectivity index (χ0v) is 16.1. The first-order valence-electron chi connectivity index (χ1n) is 7.70. The standard InChI is InChI=1S/C18H22N2OS.BrH/c1-14-7-8-17(15(2)13-14)22(21)18-6-4-3-5-16(18)20-11-9-19-10-12-20;/h3-8,13,19H,9-12H2,1-2H3;1H. The Hall–Kier alpha value is -1.17. The van der Waals surface area contributed by atoms with E-state index in [0.29, 0.717) is 0 Å². The molecule has 3 rings (SSSR count). The topological polar surface area (TPSA) is 32.3 Å². The van der Waals surface area contributed by atoms with Crippen LogP contribution in [0.4, 0.5) is 5.69 Å². The summed E-state index contributed by atoms with van der Waals surface area (Å²) in [4.78, 5) is 4.15. The Morgan fingerprint density at radius 1 is 1.00 bits per heavy atom. The van der Waals surface area contributed by atoms with Crippen LogP contribution in [-0.4, -0.2) is 30.4 Å². The Balaban J connectivity index is 0.00000192. The van der Waals surface area contributed by atoms with E-state index in [-0.39, 0.29) is 17.0 Å². The number of aryl methyl sites for hydroxylation is 2. The van der Waals surface area contributed by atoms with Crippen LogP contribution in [0.15, 0.2) is 52.3 Å². The number of hydrogen-bond acceptors (Lipinski definition) is 3. The summed E-state index contributed by atoms with van der Waals surface area (Å²) in [5, 5.41) is 3.36. The van der Waals surface area contributed by atoms with Gasteiger partial charge in [-0.3, -0.25) is 0 Å². The third-order valence-electron chi connectivity index (χ3n) is 4.05. The number of rotatable bonds is 3. The van der Waals surface area contributed by atoms with Crippen molar-refractivity contribution in [3.8, 4) is 0 Å². The smallest absolute Gasteiger partial charge is 0.0873 e. The number of nitrogens with one attached hydrogen (secondary N) is 1. The van der Waals surface area contributed by atoms with Crippen molar-refractivity contribution in [2.45, 2.75) is 23.6 Å². The minimum atomic E-state index is -1.14. The number of halogens is 1. The van der Waals surface area contributed by atoms with Crippen LogP contribution in [0.25, 0.3) is 0 Å². The molecule has 0 aromatic heterocycles. The van der Waals surface area contributed by atoms with Crippen molar-refractivity contribution >= 4 is 33.5 Å². The van der Waals surface area contributed by atoms with Crippen LogP contribution in [0.3, 0.4) is 0 Å². The molecule has 0 amide bonds. The molecular formula is C18H23BrN2OS. The van der Waals surface area contributed by atoms with Gasteiger partial charge in [-0.05, 0) is 37.6 Å². The number of benzene rings is 2. The number of anilines is 1. The quantitative estimate of drug-likeness (QED) is 0.864. The van der Waals surface area contributed by atoms with Gasteiger partial charge in [0.25, 0.3) is 0 Å². The van der Waals surface area contributed by atoms with Gasteiger partial charge >= 0.3 is 0 Å². The molecule has 1 atom stereocenters. The minimum absolute atomic E-state index is 0. The molecule has 0 aliphatic carbocycles. The molecule has 0 bridgehead atoms. The highest BCUT2D eigenvalue weighted by atomic mass is 79.9. The van der Waals surface area contributed by atoms with E-state index < -0.39 is 10.8 Å². The Bertz CT molecular complexity index is 699. The molecule has 0 radical (unpaired) electrons. The molecule has 0 spiro atoms. The summed E-state index contributed by atoms with van der Waals surface area (Å²) in [6, 6.07) is 14.2. The average Bonchev–Trinajstić information content (AvgIpc) is 2.55. The summed E-state index contributed by atoms with van der Waals surface area (Å²) in [6.45, 7) is 7.97. The zero-order valence-electron chi connectivity index (χ0n) is 13.5. The minimum Gasteiger partial charge on any atom is -0.368 e. The molecule has 124 valence electrons. The largest absolute Gasteiger partial charge is 0.368 e. The van der Waals surface area contributed by atoms with Crippen molar-refractivity contribution in [3.63, 3.8) is 0 Å². The van der Waals surface area contributed by atoms with Crippen molar-refractivity contribution < 1.29 is 4.21 Å². The van der Waals surface area contributed by atoms with Crippen LogP contribution in [-0.2, 0) is 10.8 Å². The monoisotopic (exact) mass is 394 g/mol. The second-order valence-corrected chi connectivity index (χ2v) is 7.16. The highest BCUT2D eigenvalue weighted by Crippen LogP contribution is 2.29. The molecule has 1 N–H and O–H groups in total. The number of piperazine rings is 1. The molecule has 1 heterocycles. The second-order valence-electron chi connectivity index (χ2n) is 5.74. The lowest BCUT2D eigenvalue weighted by Gasteiger charge is -2.31. The van der Waals surface area contributed by atoms with Crippen LogP contribution in [0.5, 0.6) is 0 Å². The highest BCUT2D eigenvalue weighted by Gasteiger charge is 2.19. The molecule has 1 aliphatic rings. The first-order valence-corrected chi connectivity index (χ1v) is 8.85. The molecule has 3 nitrogen and oxygen atoms in total. The maximum Gasteiger partial charge on any atom is 0.0873 e. The van der Waals surface area contributed by atoms with Gasteiger partial charge in [-0.2, -0.15) is 0 Å². The number of para-hydroxylation sites is 1. The van der Waals surface area contributed by atoms with E-state index in [1.165, 1.54) is 5.56 Å². The van der Waals surface area contributed by atoms with E-state index in [9.17, 15) is 4.21 Å². The fraction of sp³-hybridized carbons (Fsp3) is 0.333. The lowest BCUT2D eigenvalue weighted by Crippen LogP contribution is -2.43. The van der Waals surface area contributed by atoms with Gasteiger partial charge in [0.1, 0.15) is 0 Å². The molecule has 1 unspecified atom stereocenters. The van der Waals surface area contributed by atoms with Gasteiger partial charge in [-0.15, -0.1) is 17.0 Å². The van der Waals surface area contributed by atoms with Crippen molar-refractivity contribution in [2.75, 3.05) is 31.1 Å². The Kier molecular flexibility index (Phi) is 6.39. The number of hydrogen-bond donors (Lipinski definition) is 1. The predicted molar refractivity (Wildman–Crippen MR) is 102 cm³/mol. The molecule has 2 aromatic carbocycles. The van der Waals surface area contributed by atoms with Crippen molar-refractivity contribution in [2.24, 2.45) is 0 Å². The first-order chi connectivity index (χ1) is 10.7. The van der Waals surface area contributed by atoms with Crippen LogP contribution >= 0.6 is 17.0 Å². The molecule has 23 heavy (non-hydrogen) atoms. The van der Waals surface area contributed by atoms with Crippen LogP contribution < -0.4 is 10.2 Å². The second kappa shape index (κ2) is 8.08. The first kappa shape index (κ1) is 18.2. The highest BCUT2D eigenvalue weighted by molar-refractivity contribution is 8.93. The van der Waals surface area contributed by atoms with E-state index >= 15 is 0 Å². The van der Waals surface area contributed by atoms with E-state index in [1.807, 2.05) is 37.3 Å². The van der Waals surface area contributed by atoms with E-state index in [0.717, 1.165) is 47.2 Å². The molecular weight excluding hydrogens is 372 g/mol. The van der Waals surface area contributed by atoms with Crippen molar-refractivity contribution in [1.82, 2.24) is 5.32 Å². The van der Waals surface area contributed by atoms with Gasteiger partial charge in [0.15, 0.2) is 0 Å². The summed E-state index contributed by atoms with van der Waals surface area (Å²) in [5.74, 6) is 0. The molecule has 2 aromatic rings. The van der Waals surface area contributed by atoms with Gasteiger partial charge in [-0.1, -0.05) is 29.8 Å². The van der Waals surface area contributed by atoms with Crippen LogP contribution in [0.1, 0.15) is 11.1 Å². The average molecular weight is 395 g/mol. The molecule has 1 aliphatic heterocycles. The normalized spacial score (nSPS) is 15.8. The third kappa shape index (κ3) is 4.03. The number of nitrogens with zero attached hydrogens (tertiary/aromatic N) is 1. The maximum atomic E-state index is 13.1. The Labute approximate surface area is 151 Å². The zero-order chi connectivity index (χ0) is 15.5. The van der Waals surface area contributed by atoms with Gasteiger partial charge in [0, 0.05) is 31.1 Å². The van der Waals surface area contributed by atoms with Crippen molar-refractivity contribution in [3.05, 3.63) is 53.6 Å². The molecule has 1 saturated heterocycles. The SMILES string of the molecule is Br.Cc1ccc(S(=O)c2ccccc2N2CCNCC2)c(C)c1. The van der Waals surface area contributed by atoms with Gasteiger partial charge in [0.05, 0.1) is 21.4 Å². The summed E-state index contributed by atoms with van der Waals surface area (Å²) in [5.41, 5.74) is 3.39. The fourth-order valence-corrected chi connectivity index (χ4v) is 4.28. The molecule has 0 saturated carbocycles. The lowest BCUT2D eigenvalue weighted by molar-refractivity contribution is 0.586. The Morgan fingerprint density at radius 3 is 2.39 bits per heavy atom. The third-order valence-corrected chi connectivity index (χ3v) is 5.66. The lowest BCUT2D eigenvalue weighted by atomic mass is 10.2. The van der Waals surface area contributed by atoms with E-state index in [1.54, 1.807) is 0 Å². The summed E-state index contributed by atoms with van der Waals surface area (Å²) >= 11 is 0. The van der Waals surface area contributed by atoms with E-state index in [2.05, 4.69) is 29.3 Å². The maximum absolute atomic E-state index is 13.1. The summed E-state index contributed by atoms with van der Waals surface area (Å²) in [7, 11) is -1.14. The predicted octanol–water partition coefficient (Wildman–Crippen LogP) is 3.46. The molecule has 1 fully saturated rings. The van der Waals surface area contributed by atoms with Crippen LogP contribution in [0, 0.1) is 13.8 Å². The van der Waals surface area contributed by atoms with Gasteiger partial charge < -0.3 is 10.2 Å². The summed E-state index contributed by atoms with van der Waals surface area (Å²) in [6.07, 6.45) is 0. The van der Waals surface area contributed by atoms with Gasteiger partial charge in [-0.25, -0.2) is 4.21 Å². The Morgan fingerprint density at radius 2 is 1.70 bits per heavy atom. The van der Waals surface area contributed by atoms with Crippen LogP contribution in [0.2, 0.25) is 0 Å².